The molecule has 0 heterocycles. The molecule has 0 amide bonds. The first kappa shape index (κ1) is 15.5. The minimum absolute atomic E-state index is 0.157. The van der Waals surface area contributed by atoms with Gasteiger partial charge in [-0.25, -0.2) is 4.39 Å². The molecule has 0 saturated heterocycles. The molecule has 2 aromatic rings. The van der Waals surface area contributed by atoms with E-state index >= 15 is 0 Å². The van der Waals surface area contributed by atoms with Crippen molar-refractivity contribution >= 4 is 0 Å². The van der Waals surface area contributed by atoms with Crippen LogP contribution in [0.1, 0.15) is 17.2 Å². The molecule has 0 radical (unpaired) electrons. The largest absolute Gasteiger partial charge is 0.407 e. The Morgan fingerprint density at radius 3 is 2.10 bits per heavy atom. The standard InChI is InChI=1S/C16H15F4N/c17-14-8-6-12(7-9-14)10-11-21-15(16(18,19)20)13-4-2-1-3-5-13/h1-9,15,21H,10-11H2. The van der Waals surface area contributed by atoms with Gasteiger partial charge in [0.15, 0.2) is 0 Å². The van der Waals surface area contributed by atoms with E-state index in [0.29, 0.717) is 6.42 Å². The predicted molar refractivity (Wildman–Crippen MR) is 73.3 cm³/mol. The maximum absolute atomic E-state index is 13.1. The van der Waals surface area contributed by atoms with Gasteiger partial charge in [-0.3, -0.25) is 0 Å². The third-order valence-electron chi connectivity index (χ3n) is 3.14. The van der Waals surface area contributed by atoms with Crippen molar-refractivity contribution in [3.05, 3.63) is 71.5 Å². The lowest BCUT2D eigenvalue weighted by atomic mass is 10.1. The highest BCUT2D eigenvalue weighted by atomic mass is 19.4. The van der Waals surface area contributed by atoms with Crippen molar-refractivity contribution < 1.29 is 17.6 Å². The lowest BCUT2D eigenvalue weighted by Gasteiger charge is -2.22. The second-order valence-corrected chi connectivity index (χ2v) is 4.72. The van der Waals surface area contributed by atoms with E-state index < -0.39 is 12.2 Å². The van der Waals surface area contributed by atoms with Crippen LogP contribution in [0.2, 0.25) is 0 Å². The SMILES string of the molecule is Fc1ccc(CCNC(c2ccccc2)C(F)(F)F)cc1. The van der Waals surface area contributed by atoms with Crippen LogP contribution < -0.4 is 5.32 Å². The highest BCUT2D eigenvalue weighted by molar-refractivity contribution is 5.21. The first-order chi connectivity index (χ1) is 9.97. The van der Waals surface area contributed by atoms with E-state index in [-0.39, 0.29) is 17.9 Å². The molecule has 1 atom stereocenters. The number of rotatable bonds is 5. The zero-order chi connectivity index (χ0) is 15.3. The molecule has 0 aliphatic rings. The number of benzene rings is 2. The molecule has 1 N–H and O–H groups in total. The third-order valence-corrected chi connectivity index (χ3v) is 3.14. The van der Waals surface area contributed by atoms with Gasteiger partial charge < -0.3 is 5.32 Å². The second-order valence-electron chi connectivity index (χ2n) is 4.72. The molecule has 21 heavy (non-hydrogen) atoms. The highest BCUT2D eigenvalue weighted by Crippen LogP contribution is 2.32. The van der Waals surface area contributed by atoms with Gasteiger partial charge in [0.1, 0.15) is 11.9 Å². The van der Waals surface area contributed by atoms with E-state index in [1.807, 2.05) is 0 Å². The van der Waals surface area contributed by atoms with E-state index in [4.69, 9.17) is 0 Å². The van der Waals surface area contributed by atoms with Gasteiger partial charge >= 0.3 is 6.18 Å². The van der Waals surface area contributed by atoms with E-state index in [1.165, 1.54) is 24.3 Å². The van der Waals surface area contributed by atoms with Crippen LogP contribution in [0.4, 0.5) is 17.6 Å². The van der Waals surface area contributed by atoms with Gasteiger partial charge in [-0.15, -0.1) is 0 Å². The summed E-state index contributed by atoms with van der Waals surface area (Å²) in [6, 6.07) is 11.8. The molecule has 0 spiro atoms. The Bertz CT molecular complexity index is 549. The average molecular weight is 297 g/mol. The summed E-state index contributed by atoms with van der Waals surface area (Å²) in [6.45, 7) is 0.157. The molecule has 2 rings (SSSR count). The van der Waals surface area contributed by atoms with Crippen LogP contribution >= 0.6 is 0 Å². The van der Waals surface area contributed by atoms with Crippen molar-refractivity contribution in [3.8, 4) is 0 Å². The van der Waals surface area contributed by atoms with Crippen LogP contribution in [0, 0.1) is 5.82 Å². The maximum atomic E-state index is 13.1. The van der Waals surface area contributed by atoms with E-state index in [1.54, 1.807) is 30.3 Å². The topological polar surface area (TPSA) is 12.0 Å². The number of alkyl halides is 3. The molecular weight excluding hydrogens is 282 g/mol. The molecular formula is C16H15F4N. The number of hydrogen-bond donors (Lipinski definition) is 1. The predicted octanol–water partition coefficient (Wildman–Crippen LogP) is 4.26. The fourth-order valence-electron chi connectivity index (χ4n) is 2.08. The van der Waals surface area contributed by atoms with Crippen LogP contribution in [0.3, 0.4) is 0 Å². The molecule has 0 bridgehead atoms. The summed E-state index contributed by atoms with van der Waals surface area (Å²) in [5, 5.41) is 2.52. The Hall–Kier alpha value is -1.88. The monoisotopic (exact) mass is 297 g/mol. The Balaban J connectivity index is 1.99. The summed E-state index contributed by atoms with van der Waals surface area (Å²) >= 11 is 0. The molecule has 0 fully saturated rings. The number of hydrogen-bond acceptors (Lipinski definition) is 1. The van der Waals surface area contributed by atoms with Gasteiger partial charge in [-0.1, -0.05) is 42.5 Å². The van der Waals surface area contributed by atoms with Gasteiger partial charge in [-0.2, -0.15) is 13.2 Å². The van der Waals surface area contributed by atoms with E-state index in [2.05, 4.69) is 5.32 Å². The fourth-order valence-corrected chi connectivity index (χ4v) is 2.08. The quantitative estimate of drug-likeness (QED) is 0.813. The van der Waals surface area contributed by atoms with Crippen LogP contribution in [-0.4, -0.2) is 12.7 Å². The van der Waals surface area contributed by atoms with E-state index in [9.17, 15) is 17.6 Å². The number of nitrogens with one attached hydrogen (secondary N) is 1. The molecule has 2 aromatic carbocycles. The smallest absolute Gasteiger partial charge is 0.302 e. The minimum atomic E-state index is -4.36. The molecule has 0 saturated carbocycles. The summed E-state index contributed by atoms with van der Waals surface area (Å²) in [5.41, 5.74) is 0.974. The molecule has 1 nitrogen and oxygen atoms in total. The van der Waals surface area contributed by atoms with Crippen molar-refractivity contribution in [2.24, 2.45) is 0 Å². The van der Waals surface area contributed by atoms with Gasteiger partial charge in [0.2, 0.25) is 0 Å². The molecule has 1 unspecified atom stereocenters. The van der Waals surface area contributed by atoms with Gasteiger partial charge in [-0.05, 0) is 29.7 Å². The first-order valence-electron chi connectivity index (χ1n) is 6.56. The minimum Gasteiger partial charge on any atom is -0.302 e. The fraction of sp³-hybridized carbons (Fsp3) is 0.250. The summed E-state index contributed by atoms with van der Waals surface area (Å²) in [6.07, 6.45) is -3.95. The molecule has 0 aliphatic heterocycles. The second kappa shape index (κ2) is 6.72. The summed E-state index contributed by atoms with van der Waals surface area (Å²) < 4.78 is 52.0. The van der Waals surface area contributed by atoms with Gasteiger partial charge in [0, 0.05) is 6.54 Å². The summed E-state index contributed by atoms with van der Waals surface area (Å²) in [5.74, 6) is -0.357. The Morgan fingerprint density at radius 1 is 0.905 bits per heavy atom. The van der Waals surface area contributed by atoms with Crippen molar-refractivity contribution in [1.29, 1.82) is 0 Å². The van der Waals surface area contributed by atoms with E-state index in [0.717, 1.165) is 5.56 Å². The maximum Gasteiger partial charge on any atom is 0.407 e. The van der Waals surface area contributed by atoms with Crippen LogP contribution in [0.15, 0.2) is 54.6 Å². The molecule has 0 aromatic heterocycles. The first-order valence-corrected chi connectivity index (χ1v) is 6.56. The van der Waals surface area contributed by atoms with Gasteiger partial charge in [0.05, 0.1) is 0 Å². The Kier molecular flexibility index (Phi) is 4.96. The normalized spacial score (nSPS) is 13.1. The van der Waals surface area contributed by atoms with Crippen LogP contribution in [0.25, 0.3) is 0 Å². The Labute approximate surface area is 120 Å². The zero-order valence-corrected chi connectivity index (χ0v) is 11.2. The summed E-state index contributed by atoms with van der Waals surface area (Å²) in [7, 11) is 0. The van der Waals surface area contributed by atoms with Crippen molar-refractivity contribution in [3.63, 3.8) is 0 Å². The summed E-state index contributed by atoms with van der Waals surface area (Å²) in [4.78, 5) is 0. The molecule has 0 aliphatic carbocycles. The van der Waals surface area contributed by atoms with Gasteiger partial charge in [0.25, 0.3) is 0 Å². The average Bonchev–Trinajstić information content (AvgIpc) is 2.45. The molecule has 112 valence electrons. The lowest BCUT2D eigenvalue weighted by Crippen LogP contribution is -2.35. The highest BCUT2D eigenvalue weighted by Gasteiger charge is 2.40. The van der Waals surface area contributed by atoms with Crippen molar-refractivity contribution in [2.75, 3.05) is 6.54 Å². The van der Waals surface area contributed by atoms with Crippen molar-refractivity contribution in [2.45, 2.75) is 18.6 Å². The molecule has 5 heteroatoms. The zero-order valence-electron chi connectivity index (χ0n) is 11.2. The van der Waals surface area contributed by atoms with Crippen LogP contribution in [-0.2, 0) is 6.42 Å². The van der Waals surface area contributed by atoms with Crippen molar-refractivity contribution in [1.82, 2.24) is 5.32 Å². The number of halogens is 4. The lowest BCUT2D eigenvalue weighted by molar-refractivity contribution is -0.157. The van der Waals surface area contributed by atoms with Crippen LogP contribution in [0.5, 0.6) is 0 Å². The third kappa shape index (κ3) is 4.56. The Morgan fingerprint density at radius 2 is 1.52 bits per heavy atom.